The number of aliphatic imine (C=N–C) groups is 1. The predicted molar refractivity (Wildman–Crippen MR) is 90.5 cm³/mol. The third-order valence-corrected chi connectivity index (χ3v) is 4.53. The Morgan fingerprint density at radius 3 is 2.71 bits per heavy atom. The minimum absolute atomic E-state index is 0.641. The van der Waals surface area contributed by atoms with Crippen LogP contribution < -0.4 is 0 Å². The molecule has 24 heavy (non-hydrogen) atoms. The lowest BCUT2D eigenvalue weighted by atomic mass is 9.94. The number of rotatable bonds is 3. The summed E-state index contributed by atoms with van der Waals surface area (Å²) in [6.45, 7) is 0.691. The molecule has 0 saturated carbocycles. The predicted octanol–water partition coefficient (Wildman–Crippen LogP) is 4.21. The van der Waals surface area contributed by atoms with Crippen molar-refractivity contribution in [2.75, 3.05) is 6.54 Å². The van der Waals surface area contributed by atoms with E-state index in [0.717, 1.165) is 48.0 Å². The minimum Gasteiger partial charge on any atom is -0.353 e. The average molecular weight is 325 g/mol. The van der Waals surface area contributed by atoms with Gasteiger partial charge in [0.05, 0.1) is 11.4 Å². The van der Waals surface area contributed by atoms with Crippen LogP contribution in [0.5, 0.6) is 0 Å². The highest BCUT2D eigenvalue weighted by molar-refractivity contribution is 6.06. The lowest BCUT2D eigenvalue weighted by molar-refractivity contribution is 0.511. The molecule has 0 amide bonds. The van der Waals surface area contributed by atoms with Gasteiger partial charge in [0.15, 0.2) is 11.6 Å². The van der Waals surface area contributed by atoms with E-state index in [1.807, 2.05) is 12.1 Å². The summed E-state index contributed by atoms with van der Waals surface area (Å²) in [6, 6.07) is 6.50. The van der Waals surface area contributed by atoms with Crippen LogP contribution in [-0.2, 0) is 12.8 Å². The Morgan fingerprint density at radius 2 is 1.88 bits per heavy atom. The van der Waals surface area contributed by atoms with E-state index in [4.69, 9.17) is 4.99 Å². The summed E-state index contributed by atoms with van der Waals surface area (Å²) in [4.78, 5) is 12.0. The Hall–Kier alpha value is -2.56. The number of fused-ring (bicyclic) bond motifs is 3. The number of aromatic amines is 1. The summed E-state index contributed by atoms with van der Waals surface area (Å²) in [5.41, 5.74) is 4.84. The van der Waals surface area contributed by atoms with Gasteiger partial charge in [0, 0.05) is 35.9 Å². The van der Waals surface area contributed by atoms with Crippen molar-refractivity contribution < 1.29 is 8.78 Å². The van der Waals surface area contributed by atoms with Crippen molar-refractivity contribution in [3.63, 3.8) is 0 Å². The Balaban J connectivity index is 1.64. The number of aromatic nitrogens is 2. The molecule has 1 N–H and O–H groups in total. The number of halogens is 2. The van der Waals surface area contributed by atoms with Gasteiger partial charge in [0.1, 0.15) is 0 Å². The summed E-state index contributed by atoms with van der Waals surface area (Å²) >= 11 is 0. The Labute approximate surface area is 138 Å². The second kappa shape index (κ2) is 6.15. The molecular formula is C19H17F2N3. The lowest BCUT2D eigenvalue weighted by Crippen LogP contribution is -2.12. The quantitative estimate of drug-likeness (QED) is 0.770. The fourth-order valence-electron chi connectivity index (χ4n) is 3.34. The largest absolute Gasteiger partial charge is 0.353 e. The zero-order valence-corrected chi connectivity index (χ0v) is 13.1. The van der Waals surface area contributed by atoms with Crippen LogP contribution in [0.1, 0.15) is 29.7 Å². The summed E-state index contributed by atoms with van der Waals surface area (Å²) in [7, 11) is 0. The van der Waals surface area contributed by atoms with Crippen molar-refractivity contribution in [3.8, 4) is 0 Å². The van der Waals surface area contributed by atoms with Gasteiger partial charge in [-0.2, -0.15) is 0 Å². The Kier molecular flexibility index (Phi) is 3.84. The molecule has 4 rings (SSSR count). The Morgan fingerprint density at radius 1 is 1.08 bits per heavy atom. The number of benzene rings is 1. The first-order chi connectivity index (χ1) is 11.7. The molecule has 3 aromatic rings. The molecule has 0 aliphatic heterocycles. The maximum Gasteiger partial charge on any atom is 0.160 e. The van der Waals surface area contributed by atoms with Gasteiger partial charge in [-0.05, 0) is 55.0 Å². The van der Waals surface area contributed by atoms with Crippen molar-refractivity contribution in [1.29, 1.82) is 0 Å². The van der Waals surface area contributed by atoms with Crippen LogP contribution in [0.3, 0.4) is 0 Å². The van der Waals surface area contributed by atoms with Gasteiger partial charge in [-0.15, -0.1) is 0 Å². The summed E-state index contributed by atoms with van der Waals surface area (Å²) < 4.78 is 27.0. The fraction of sp³-hybridized carbons (Fsp3) is 0.263. The van der Waals surface area contributed by atoms with Gasteiger partial charge < -0.3 is 4.98 Å². The number of hydrogen-bond donors (Lipinski definition) is 1. The van der Waals surface area contributed by atoms with Crippen LogP contribution in [0.15, 0.2) is 41.7 Å². The van der Waals surface area contributed by atoms with Gasteiger partial charge >= 0.3 is 0 Å². The molecule has 2 aromatic heterocycles. The molecule has 1 aromatic carbocycles. The van der Waals surface area contributed by atoms with Gasteiger partial charge in [0.2, 0.25) is 0 Å². The van der Waals surface area contributed by atoms with E-state index in [2.05, 4.69) is 9.97 Å². The molecule has 2 heterocycles. The van der Waals surface area contributed by atoms with Gasteiger partial charge in [-0.25, -0.2) is 8.78 Å². The van der Waals surface area contributed by atoms with E-state index >= 15 is 0 Å². The number of H-pyrrole nitrogens is 1. The van der Waals surface area contributed by atoms with Crippen LogP contribution in [0.2, 0.25) is 0 Å². The van der Waals surface area contributed by atoms with E-state index < -0.39 is 11.6 Å². The molecule has 0 saturated heterocycles. The Bertz CT molecular complexity index is 913. The highest BCUT2D eigenvalue weighted by Crippen LogP contribution is 2.30. The van der Waals surface area contributed by atoms with Crippen LogP contribution in [0, 0.1) is 11.6 Å². The van der Waals surface area contributed by atoms with E-state index in [9.17, 15) is 8.78 Å². The fourth-order valence-corrected chi connectivity index (χ4v) is 3.34. The lowest BCUT2D eigenvalue weighted by Gasteiger charge is -2.14. The van der Waals surface area contributed by atoms with Gasteiger partial charge in [0.25, 0.3) is 0 Å². The molecule has 0 fully saturated rings. The monoisotopic (exact) mass is 325 g/mol. The van der Waals surface area contributed by atoms with Crippen molar-refractivity contribution in [3.05, 3.63) is 65.1 Å². The first kappa shape index (κ1) is 15.0. The molecule has 5 heteroatoms. The summed E-state index contributed by atoms with van der Waals surface area (Å²) in [6.07, 6.45) is 7.15. The molecule has 0 bridgehead atoms. The SMILES string of the molecule is Fc1cc2[nH]c3c(c2cc1F)CCCC3=NCCc1ccncc1. The van der Waals surface area contributed by atoms with Gasteiger partial charge in [-0.1, -0.05) is 0 Å². The maximum absolute atomic E-state index is 13.6. The molecule has 122 valence electrons. The number of nitrogens with zero attached hydrogens (tertiary/aromatic N) is 2. The molecule has 3 nitrogen and oxygen atoms in total. The molecule has 1 aliphatic rings. The third kappa shape index (κ3) is 2.70. The van der Waals surface area contributed by atoms with Crippen molar-refractivity contribution >= 4 is 16.6 Å². The number of hydrogen-bond acceptors (Lipinski definition) is 2. The minimum atomic E-state index is -0.822. The zero-order valence-electron chi connectivity index (χ0n) is 13.1. The summed E-state index contributed by atoms with van der Waals surface area (Å²) in [5, 5.41) is 0.769. The molecule has 0 spiro atoms. The van der Waals surface area contributed by atoms with Crippen molar-refractivity contribution in [2.24, 2.45) is 4.99 Å². The van der Waals surface area contributed by atoms with Crippen LogP contribution in [0.4, 0.5) is 8.78 Å². The van der Waals surface area contributed by atoms with Gasteiger partial charge in [-0.3, -0.25) is 9.98 Å². The normalized spacial score (nSPS) is 15.8. The van der Waals surface area contributed by atoms with E-state index in [1.54, 1.807) is 12.4 Å². The van der Waals surface area contributed by atoms with Crippen LogP contribution >= 0.6 is 0 Å². The first-order valence-electron chi connectivity index (χ1n) is 8.14. The van der Waals surface area contributed by atoms with Crippen LogP contribution in [0.25, 0.3) is 10.9 Å². The molecule has 1 aliphatic carbocycles. The first-order valence-corrected chi connectivity index (χ1v) is 8.14. The molecule has 0 unspecified atom stereocenters. The standard InChI is InChI=1S/C19H17F2N3/c20-15-10-14-13-2-1-3-17(19(13)24-18(14)11-16(15)21)23-9-6-12-4-7-22-8-5-12/h4-5,7-8,10-11,24H,1-3,6,9H2. The summed E-state index contributed by atoms with van der Waals surface area (Å²) in [5.74, 6) is -1.62. The highest BCUT2D eigenvalue weighted by Gasteiger charge is 2.21. The van der Waals surface area contributed by atoms with Crippen molar-refractivity contribution in [1.82, 2.24) is 9.97 Å². The van der Waals surface area contributed by atoms with Crippen LogP contribution in [-0.4, -0.2) is 22.2 Å². The second-order valence-corrected chi connectivity index (χ2v) is 6.08. The zero-order chi connectivity index (χ0) is 16.5. The topological polar surface area (TPSA) is 41.0 Å². The molecular weight excluding hydrogens is 308 g/mol. The average Bonchev–Trinajstić information content (AvgIpc) is 2.95. The number of aryl methyl sites for hydroxylation is 1. The number of pyridine rings is 1. The van der Waals surface area contributed by atoms with E-state index in [-0.39, 0.29) is 0 Å². The van der Waals surface area contributed by atoms with Crippen molar-refractivity contribution in [2.45, 2.75) is 25.7 Å². The number of nitrogens with one attached hydrogen (secondary N) is 1. The highest BCUT2D eigenvalue weighted by atomic mass is 19.2. The smallest absolute Gasteiger partial charge is 0.160 e. The van der Waals surface area contributed by atoms with E-state index in [1.165, 1.54) is 17.7 Å². The third-order valence-electron chi connectivity index (χ3n) is 4.53. The van der Waals surface area contributed by atoms with E-state index in [0.29, 0.717) is 12.1 Å². The maximum atomic E-state index is 13.6. The molecule has 0 radical (unpaired) electrons. The molecule has 0 atom stereocenters. The second-order valence-electron chi connectivity index (χ2n) is 6.08.